The molecule has 86 valence electrons. The molecule has 3 rings (SSSR count). The molecule has 1 saturated heterocycles. The van der Waals surface area contributed by atoms with Crippen LogP contribution in [0.3, 0.4) is 0 Å². The van der Waals surface area contributed by atoms with Gasteiger partial charge in [0.1, 0.15) is 11.6 Å². The lowest BCUT2D eigenvalue weighted by molar-refractivity contribution is 0.360. The number of nitrogen functional groups attached to an aromatic ring is 1. The average molecular weight is 218 g/mol. The maximum atomic E-state index is 5.57. The van der Waals surface area contributed by atoms with Crippen molar-refractivity contribution in [1.82, 2.24) is 9.97 Å². The largest absolute Gasteiger partial charge is 0.382 e. The molecule has 0 bridgehead atoms. The van der Waals surface area contributed by atoms with Gasteiger partial charge >= 0.3 is 0 Å². The molecule has 2 heterocycles. The van der Waals surface area contributed by atoms with Gasteiger partial charge in [0.05, 0.1) is 12.4 Å². The molecule has 4 heteroatoms. The Morgan fingerprint density at radius 1 is 1.12 bits per heavy atom. The molecule has 0 aromatic carbocycles. The molecule has 2 fully saturated rings. The molecule has 2 atom stereocenters. The third-order valence-electron chi connectivity index (χ3n) is 3.95. The third kappa shape index (κ3) is 1.62. The number of nitrogens with zero attached hydrogens (tertiary/aromatic N) is 3. The first-order valence-corrected chi connectivity index (χ1v) is 6.19. The number of rotatable bonds is 1. The summed E-state index contributed by atoms with van der Waals surface area (Å²) in [7, 11) is 0. The van der Waals surface area contributed by atoms with Gasteiger partial charge in [-0.3, -0.25) is 0 Å². The van der Waals surface area contributed by atoms with Crippen molar-refractivity contribution in [2.24, 2.45) is 5.92 Å². The molecule has 0 amide bonds. The first-order chi connectivity index (χ1) is 7.84. The summed E-state index contributed by atoms with van der Waals surface area (Å²) >= 11 is 0. The van der Waals surface area contributed by atoms with E-state index in [-0.39, 0.29) is 0 Å². The molecular weight excluding hydrogens is 200 g/mol. The van der Waals surface area contributed by atoms with Crippen molar-refractivity contribution in [3.05, 3.63) is 12.4 Å². The van der Waals surface area contributed by atoms with Gasteiger partial charge in [0, 0.05) is 12.6 Å². The van der Waals surface area contributed by atoms with Crippen LogP contribution in [0.2, 0.25) is 0 Å². The minimum absolute atomic E-state index is 0.503. The maximum absolute atomic E-state index is 5.57. The van der Waals surface area contributed by atoms with Crippen LogP contribution in [-0.2, 0) is 0 Å². The van der Waals surface area contributed by atoms with Crippen molar-refractivity contribution in [1.29, 1.82) is 0 Å². The summed E-state index contributed by atoms with van der Waals surface area (Å²) in [6.07, 6.45) is 10.2. The van der Waals surface area contributed by atoms with Crippen LogP contribution in [0.4, 0.5) is 11.6 Å². The fraction of sp³-hybridized carbons (Fsp3) is 0.667. The van der Waals surface area contributed by atoms with E-state index in [1.54, 1.807) is 6.20 Å². The van der Waals surface area contributed by atoms with Gasteiger partial charge in [-0.25, -0.2) is 9.97 Å². The quantitative estimate of drug-likeness (QED) is 0.781. The zero-order valence-corrected chi connectivity index (χ0v) is 9.47. The van der Waals surface area contributed by atoms with Crippen molar-refractivity contribution >= 4 is 11.6 Å². The summed E-state index contributed by atoms with van der Waals surface area (Å²) in [4.78, 5) is 11.0. The highest BCUT2D eigenvalue weighted by Gasteiger charge is 2.35. The molecule has 2 N–H and O–H groups in total. The molecule has 16 heavy (non-hydrogen) atoms. The Bertz CT molecular complexity index is 362. The zero-order valence-electron chi connectivity index (χ0n) is 9.47. The SMILES string of the molecule is Nc1cnc(N2CCCC3CCCC32)cn1. The second-order valence-electron chi connectivity index (χ2n) is 4.89. The maximum Gasteiger partial charge on any atom is 0.147 e. The highest BCUT2D eigenvalue weighted by molar-refractivity contribution is 5.41. The molecule has 0 spiro atoms. The fourth-order valence-corrected chi connectivity index (χ4v) is 3.22. The van der Waals surface area contributed by atoms with Crippen molar-refractivity contribution < 1.29 is 0 Å². The van der Waals surface area contributed by atoms with Crippen molar-refractivity contribution in [2.75, 3.05) is 17.2 Å². The highest BCUT2D eigenvalue weighted by Crippen LogP contribution is 2.38. The van der Waals surface area contributed by atoms with E-state index in [9.17, 15) is 0 Å². The lowest BCUT2D eigenvalue weighted by Crippen LogP contribution is -2.43. The molecule has 1 saturated carbocycles. The molecule has 1 aliphatic heterocycles. The van der Waals surface area contributed by atoms with Crippen LogP contribution in [0, 0.1) is 5.92 Å². The summed E-state index contributed by atoms with van der Waals surface area (Å²) in [6, 6.07) is 0.701. The number of aromatic nitrogens is 2. The Hall–Kier alpha value is -1.32. The Morgan fingerprint density at radius 3 is 2.81 bits per heavy atom. The standard InChI is InChI=1S/C12H18N4/c13-11-7-15-12(8-14-11)16-6-2-4-9-3-1-5-10(9)16/h7-10H,1-6H2,(H2,13,14). The third-order valence-corrected chi connectivity index (χ3v) is 3.95. The molecule has 1 aromatic heterocycles. The van der Waals surface area contributed by atoms with E-state index in [0.29, 0.717) is 11.9 Å². The van der Waals surface area contributed by atoms with Crippen LogP contribution >= 0.6 is 0 Å². The average Bonchev–Trinajstić information content (AvgIpc) is 2.78. The van der Waals surface area contributed by atoms with Crippen molar-refractivity contribution in [3.8, 4) is 0 Å². The molecule has 0 radical (unpaired) electrons. The van der Waals surface area contributed by atoms with Gasteiger partial charge in [-0.2, -0.15) is 0 Å². The van der Waals surface area contributed by atoms with Gasteiger partial charge in [-0.05, 0) is 31.6 Å². The number of fused-ring (bicyclic) bond motifs is 1. The molecule has 4 nitrogen and oxygen atoms in total. The fourth-order valence-electron chi connectivity index (χ4n) is 3.22. The number of hydrogen-bond donors (Lipinski definition) is 1. The number of nitrogens with two attached hydrogens (primary N) is 1. The van der Waals surface area contributed by atoms with Gasteiger partial charge in [0.25, 0.3) is 0 Å². The molecule has 2 aliphatic rings. The Labute approximate surface area is 95.9 Å². The second kappa shape index (κ2) is 3.92. The lowest BCUT2D eigenvalue weighted by atomic mass is 9.92. The predicted octanol–water partition coefficient (Wildman–Crippen LogP) is 1.83. The van der Waals surface area contributed by atoms with Crippen LogP contribution < -0.4 is 10.6 Å². The molecular formula is C12H18N4. The minimum atomic E-state index is 0.503. The van der Waals surface area contributed by atoms with E-state index < -0.39 is 0 Å². The molecule has 2 unspecified atom stereocenters. The second-order valence-corrected chi connectivity index (χ2v) is 4.89. The zero-order chi connectivity index (χ0) is 11.0. The summed E-state index contributed by atoms with van der Waals surface area (Å²) in [5, 5.41) is 0. The van der Waals surface area contributed by atoms with E-state index in [1.165, 1.54) is 32.1 Å². The van der Waals surface area contributed by atoms with E-state index in [4.69, 9.17) is 5.73 Å². The van der Waals surface area contributed by atoms with Gasteiger partial charge in [0.15, 0.2) is 0 Å². The molecule has 1 aliphatic carbocycles. The smallest absolute Gasteiger partial charge is 0.147 e. The van der Waals surface area contributed by atoms with Gasteiger partial charge in [0.2, 0.25) is 0 Å². The Morgan fingerprint density at radius 2 is 2.00 bits per heavy atom. The van der Waals surface area contributed by atoms with E-state index in [0.717, 1.165) is 18.3 Å². The lowest BCUT2D eigenvalue weighted by Gasteiger charge is -2.38. The van der Waals surface area contributed by atoms with Crippen LogP contribution in [0.1, 0.15) is 32.1 Å². The van der Waals surface area contributed by atoms with Gasteiger partial charge < -0.3 is 10.6 Å². The first-order valence-electron chi connectivity index (χ1n) is 6.19. The summed E-state index contributed by atoms with van der Waals surface area (Å²) in [5.41, 5.74) is 5.57. The number of anilines is 2. The van der Waals surface area contributed by atoms with Gasteiger partial charge in [-0.15, -0.1) is 0 Å². The van der Waals surface area contributed by atoms with Crippen LogP contribution in [0.15, 0.2) is 12.4 Å². The molecule has 1 aromatic rings. The highest BCUT2D eigenvalue weighted by atomic mass is 15.2. The Balaban J connectivity index is 1.85. The van der Waals surface area contributed by atoms with Crippen molar-refractivity contribution in [2.45, 2.75) is 38.1 Å². The van der Waals surface area contributed by atoms with Crippen LogP contribution in [0.5, 0.6) is 0 Å². The van der Waals surface area contributed by atoms with E-state index in [2.05, 4.69) is 14.9 Å². The topological polar surface area (TPSA) is 55.0 Å². The normalized spacial score (nSPS) is 29.1. The summed E-state index contributed by atoms with van der Waals surface area (Å²) < 4.78 is 0. The number of hydrogen-bond acceptors (Lipinski definition) is 4. The summed E-state index contributed by atoms with van der Waals surface area (Å²) in [5.74, 6) is 2.39. The number of piperidine rings is 1. The van der Waals surface area contributed by atoms with E-state index in [1.807, 2.05) is 6.20 Å². The predicted molar refractivity (Wildman–Crippen MR) is 64.2 cm³/mol. The van der Waals surface area contributed by atoms with Crippen molar-refractivity contribution in [3.63, 3.8) is 0 Å². The van der Waals surface area contributed by atoms with Gasteiger partial charge in [-0.1, -0.05) is 6.42 Å². The minimum Gasteiger partial charge on any atom is -0.382 e. The van der Waals surface area contributed by atoms with Crippen LogP contribution in [0.25, 0.3) is 0 Å². The summed E-state index contributed by atoms with van der Waals surface area (Å²) in [6.45, 7) is 1.12. The van der Waals surface area contributed by atoms with Crippen LogP contribution in [-0.4, -0.2) is 22.6 Å². The Kier molecular flexibility index (Phi) is 2.42. The first kappa shape index (κ1) is 9.87. The monoisotopic (exact) mass is 218 g/mol. The van der Waals surface area contributed by atoms with E-state index >= 15 is 0 Å².